The van der Waals surface area contributed by atoms with Gasteiger partial charge in [-0.1, -0.05) is 23.8 Å². The Bertz CT molecular complexity index is 1140. The predicted molar refractivity (Wildman–Crippen MR) is 122 cm³/mol. The molecule has 0 aliphatic heterocycles. The van der Waals surface area contributed by atoms with Crippen LogP contribution in [0, 0.1) is 0 Å². The lowest BCUT2D eigenvalue weighted by atomic mass is 9.89. The van der Waals surface area contributed by atoms with Gasteiger partial charge in [0.2, 0.25) is 5.88 Å². The Labute approximate surface area is 195 Å². The lowest BCUT2D eigenvalue weighted by molar-refractivity contribution is -0.137. The first-order chi connectivity index (χ1) is 16.4. The minimum atomic E-state index is -4.43. The van der Waals surface area contributed by atoms with Crippen molar-refractivity contribution < 1.29 is 22.7 Å². The topological polar surface area (TPSA) is 64.1 Å². The number of ether oxygens (including phenoxy) is 1. The van der Waals surface area contributed by atoms with E-state index in [1.807, 2.05) is 18.2 Å². The molecule has 0 unspecified atom stereocenters. The Balaban J connectivity index is 1.28. The molecule has 34 heavy (non-hydrogen) atoms. The molecule has 0 spiro atoms. The van der Waals surface area contributed by atoms with Crippen LogP contribution in [-0.4, -0.2) is 21.9 Å². The number of carbonyl (C=O) groups is 1. The molecule has 1 fully saturated rings. The number of halogens is 3. The molecule has 4 rings (SSSR count). The Kier molecular flexibility index (Phi) is 7.25. The molecule has 0 radical (unpaired) electrons. The van der Waals surface area contributed by atoms with E-state index in [4.69, 9.17) is 4.74 Å². The third-order valence-electron chi connectivity index (χ3n) is 5.72. The van der Waals surface area contributed by atoms with Crippen molar-refractivity contribution in [3.63, 3.8) is 0 Å². The number of alkyl halides is 3. The average molecular weight is 467 g/mol. The fraction of sp³-hybridized carbons (Fsp3) is 0.269. The maximum absolute atomic E-state index is 12.7. The highest BCUT2D eigenvalue weighted by molar-refractivity contribution is 5.94. The summed E-state index contributed by atoms with van der Waals surface area (Å²) in [5, 5.41) is 3.09. The molecule has 0 saturated heterocycles. The number of amides is 1. The van der Waals surface area contributed by atoms with Gasteiger partial charge in [-0.15, -0.1) is 0 Å². The largest absolute Gasteiger partial charge is 0.439 e. The van der Waals surface area contributed by atoms with Gasteiger partial charge in [-0.05, 0) is 68.0 Å². The van der Waals surface area contributed by atoms with Gasteiger partial charge in [-0.3, -0.25) is 9.78 Å². The number of rotatable bonds is 6. The molecule has 2 aromatic heterocycles. The van der Waals surface area contributed by atoms with Crippen molar-refractivity contribution in [1.29, 1.82) is 0 Å². The number of carbonyl (C=O) groups excluding carboxylic acids is 1. The van der Waals surface area contributed by atoms with Crippen LogP contribution in [0.2, 0.25) is 0 Å². The molecule has 176 valence electrons. The molecule has 3 aromatic rings. The van der Waals surface area contributed by atoms with Crippen LogP contribution in [0.3, 0.4) is 0 Å². The van der Waals surface area contributed by atoms with E-state index in [9.17, 15) is 18.0 Å². The van der Waals surface area contributed by atoms with Crippen LogP contribution in [0.25, 0.3) is 0 Å². The lowest BCUT2D eigenvalue weighted by Crippen LogP contribution is -2.36. The number of nitrogens with zero attached hydrogens (tertiary/aromatic N) is 2. The maximum atomic E-state index is 12.7. The Morgan fingerprint density at radius 1 is 1.09 bits per heavy atom. The fourth-order valence-corrected chi connectivity index (χ4v) is 3.84. The fourth-order valence-electron chi connectivity index (χ4n) is 3.84. The van der Waals surface area contributed by atoms with Gasteiger partial charge in [-0.25, -0.2) is 4.98 Å². The zero-order valence-corrected chi connectivity index (χ0v) is 18.4. The van der Waals surface area contributed by atoms with Gasteiger partial charge in [-0.2, -0.15) is 13.2 Å². The Morgan fingerprint density at radius 2 is 1.85 bits per heavy atom. The van der Waals surface area contributed by atoms with Crippen LogP contribution in [0.4, 0.5) is 13.2 Å². The van der Waals surface area contributed by atoms with Crippen molar-refractivity contribution >= 4 is 5.91 Å². The van der Waals surface area contributed by atoms with Gasteiger partial charge in [0.15, 0.2) is 0 Å². The Morgan fingerprint density at radius 3 is 2.53 bits per heavy atom. The van der Waals surface area contributed by atoms with Crippen LogP contribution in [0.15, 0.2) is 78.8 Å². The summed E-state index contributed by atoms with van der Waals surface area (Å²) in [6.07, 6.45) is 6.12. The van der Waals surface area contributed by atoms with E-state index in [-0.39, 0.29) is 17.8 Å². The lowest BCUT2D eigenvalue weighted by Gasteiger charge is -2.25. The number of allylic oxidation sites excluding steroid dienone is 2. The summed E-state index contributed by atoms with van der Waals surface area (Å²) in [5.74, 6) is 0.556. The molecule has 1 aliphatic rings. The first-order valence-electron chi connectivity index (χ1n) is 11.1. The molecule has 1 aliphatic carbocycles. The second-order valence-corrected chi connectivity index (χ2v) is 8.18. The number of hydrogen-bond donors (Lipinski definition) is 1. The van der Waals surface area contributed by atoms with Crippen LogP contribution in [-0.2, 0) is 12.6 Å². The van der Waals surface area contributed by atoms with Gasteiger partial charge in [0.1, 0.15) is 5.75 Å². The summed E-state index contributed by atoms with van der Waals surface area (Å²) < 4.78 is 43.7. The van der Waals surface area contributed by atoms with Gasteiger partial charge in [0.25, 0.3) is 5.91 Å². The van der Waals surface area contributed by atoms with Crippen molar-refractivity contribution in [1.82, 2.24) is 15.3 Å². The summed E-state index contributed by atoms with van der Waals surface area (Å²) in [6, 6.07) is 13.2. The van der Waals surface area contributed by atoms with Gasteiger partial charge in [0, 0.05) is 36.3 Å². The van der Waals surface area contributed by atoms with Crippen LogP contribution >= 0.6 is 0 Å². The minimum absolute atomic E-state index is 0.0702. The number of hydrogen-bond acceptors (Lipinski definition) is 4. The van der Waals surface area contributed by atoms with E-state index < -0.39 is 11.7 Å². The summed E-state index contributed by atoms with van der Waals surface area (Å²) in [4.78, 5) is 20.0. The standard InChI is InChI=1S/C26H24F3N3O2/c27-26(28,29)21-8-11-24(31-17-21)34-23-3-1-2-19(16-23)5-4-18-6-9-22(10-7-18)32-25(33)20-12-14-30-15-13-20/h1-4,8,11-17,22H,5-7,9-10H2,(H,32,33). The Hall–Kier alpha value is -3.68. The highest BCUT2D eigenvalue weighted by Crippen LogP contribution is 2.30. The molecule has 0 bridgehead atoms. The van der Waals surface area contributed by atoms with Crippen LogP contribution in [0.5, 0.6) is 11.6 Å². The normalized spacial score (nSPS) is 16.1. The first-order valence-corrected chi connectivity index (χ1v) is 11.1. The van der Waals surface area contributed by atoms with Crippen molar-refractivity contribution in [3.05, 3.63) is 95.5 Å². The molecule has 1 N–H and O–H groups in total. The maximum Gasteiger partial charge on any atom is 0.417 e. The second kappa shape index (κ2) is 10.5. The molecule has 8 heteroatoms. The molecular weight excluding hydrogens is 443 g/mol. The van der Waals surface area contributed by atoms with Crippen LogP contribution < -0.4 is 10.1 Å². The molecular formula is C26H24F3N3O2. The molecule has 2 heterocycles. The van der Waals surface area contributed by atoms with E-state index in [2.05, 4.69) is 21.4 Å². The molecule has 1 aromatic carbocycles. The second-order valence-electron chi connectivity index (χ2n) is 8.18. The van der Waals surface area contributed by atoms with Gasteiger partial charge >= 0.3 is 6.18 Å². The van der Waals surface area contributed by atoms with Crippen LogP contribution in [0.1, 0.15) is 47.2 Å². The molecule has 1 amide bonds. The minimum Gasteiger partial charge on any atom is -0.439 e. The van der Waals surface area contributed by atoms with E-state index in [1.165, 1.54) is 11.6 Å². The number of aromatic nitrogens is 2. The van der Waals surface area contributed by atoms with E-state index in [0.717, 1.165) is 49.9 Å². The van der Waals surface area contributed by atoms with E-state index >= 15 is 0 Å². The quantitative estimate of drug-likeness (QED) is 0.443. The van der Waals surface area contributed by atoms with E-state index in [1.54, 1.807) is 30.6 Å². The number of nitrogens with one attached hydrogen (secondary N) is 1. The molecule has 1 saturated carbocycles. The first kappa shape index (κ1) is 23.5. The summed E-state index contributed by atoms with van der Waals surface area (Å²) in [6.45, 7) is 0. The summed E-state index contributed by atoms with van der Waals surface area (Å²) >= 11 is 0. The third kappa shape index (κ3) is 6.43. The summed E-state index contributed by atoms with van der Waals surface area (Å²) in [7, 11) is 0. The summed E-state index contributed by atoms with van der Waals surface area (Å²) in [5.41, 5.74) is 2.19. The van der Waals surface area contributed by atoms with Gasteiger partial charge in [0.05, 0.1) is 5.56 Å². The molecule has 0 atom stereocenters. The smallest absolute Gasteiger partial charge is 0.417 e. The van der Waals surface area contributed by atoms with Crippen molar-refractivity contribution in [3.8, 4) is 11.6 Å². The van der Waals surface area contributed by atoms with Crippen molar-refractivity contribution in [2.24, 2.45) is 0 Å². The SMILES string of the molecule is O=C(NC1CCC(=CCc2cccc(Oc3ccc(C(F)(F)F)cn3)c2)CC1)c1ccncc1. The number of benzene rings is 1. The van der Waals surface area contributed by atoms with Gasteiger partial charge < -0.3 is 10.1 Å². The third-order valence-corrected chi connectivity index (χ3v) is 5.72. The zero-order valence-electron chi connectivity index (χ0n) is 18.4. The monoisotopic (exact) mass is 467 g/mol. The predicted octanol–water partition coefficient (Wildman–Crippen LogP) is 6.13. The average Bonchev–Trinajstić information content (AvgIpc) is 2.84. The van der Waals surface area contributed by atoms with Crippen molar-refractivity contribution in [2.75, 3.05) is 0 Å². The number of pyridine rings is 2. The highest BCUT2D eigenvalue weighted by Gasteiger charge is 2.30. The highest BCUT2D eigenvalue weighted by atomic mass is 19.4. The molecule has 5 nitrogen and oxygen atoms in total. The zero-order chi connectivity index (χ0) is 24.0. The van der Waals surface area contributed by atoms with Crippen molar-refractivity contribution in [2.45, 2.75) is 44.3 Å². The van der Waals surface area contributed by atoms with E-state index in [0.29, 0.717) is 11.3 Å².